The summed E-state index contributed by atoms with van der Waals surface area (Å²) in [5.41, 5.74) is 1.26. The number of aryl methyl sites for hydroxylation is 2. The molecule has 0 aliphatic heterocycles. The molecule has 1 N–H and O–H groups in total. The highest BCUT2D eigenvalue weighted by molar-refractivity contribution is 5.19. The molecule has 90 valence electrons. The second-order valence-corrected chi connectivity index (χ2v) is 4.72. The molecule has 1 aromatic rings. The van der Waals surface area contributed by atoms with Gasteiger partial charge >= 0.3 is 0 Å². The zero-order chi connectivity index (χ0) is 11.5. The van der Waals surface area contributed by atoms with Gasteiger partial charge in [0.25, 0.3) is 0 Å². The van der Waals surface area contributed by atoms with Crippen molar-refractivity contribution in [3.8, 4) is 0 Å². The van der Waals surface area contributed by atoms with Gasteiger partial charge in [-0.15, -0.1) is 0 Å². The summed E-state index contributed by atoms with van der Waals surface area (Å²) in [5, 5.41) is 3.57. The Balaban J connectivity index is 1.87. The second-order valence-electron chi connectivity index (χ2n) is 4.72. The molecule has 1 aliphatic rings. The second kappa shape index (κ2) is 5.02. The third-order valence-corrected chi connectivity index (χ3v) is 3.24. The largest absolute Gasteiger partial charge is 0.466 e. The van der Waals surface area contributed by atoms with E-state index in [1.54, 1.807) is 7.11 Å². The van der Waals surface area contributed by atoms with E-state index in [1.807, 2.05) is 13.8 Å². The lowest BCUT2D eigenvalue weighted by molar-refractivity contribution is 0.157. The number of ether oxygens (including phenoxy) is 1. The SMILES string of the molecule is COCC(NCc1cc(C)oc1C)C1CC1. The van der Waals surface area contributed by atoms with Gasteiger partial charge in [-0.3, -0.25) is 0 Å². The third-order valence-electron chi connectivity index (χ3n) is 3.24. The molecule has 1 saturated carbocycles. The van der Waals surface area contributed by atoms with E-state index >= 15 is 0 Å². The van der Waals surface area contributed by atoms with E-state index in [0.717, 1.165) is 30.6 Å². The average Bonchev–Trinajstić information content (AvgIpc) is 3.01. The average molecular weight is 223 g/mol. The molecular formula is C13H21NO2. The Kier molecular flexibility index (Phi) is 3.66. The van der Waals surface area contributed by atoms with Crippen LogP contribution in [0.15, 0.2) is 10.5 Å². The molecule has 16 heavy (non-hydrogen) atoms. The smallest absolute Gasteiger partial charge is 0.105 e. The molecule has 1 aliphatic carbocycles. The number of hydrogen-bond donors (Lipinski definition) is 1. The fraction of sp³-hybridized carbons (Fsp3) is 0.692. The minimum atomic E-state index is 0.500. The third kappa shape index (κ3) is 2.86. The van der Waals surface area contributed by atoms with Crippen molar-refractivity contribution < 1.29 is 9.15 Å². The van der Waals surface area contributed by atoms with E-state index in [1.165, 1.54) is 18.4 Å². The predicted molar refractivity (Wildman–Crippen MR) is 63.4 cm³/mol. The van der Waals surface area contributed by atoms with Gasteiger partial charge in [0.2, 0.25) is 0 Å². The Hall–Kier alpha value is -0.800. The van der Waals surface area contributed by atoms with E-state index in [9.17, 15) is 0 Å². The molecule has 2 rings (SSSR count). The Morgan fingerprint density at radius 1 is 1.50 bits per heavy atom. The van der Waals surface area contributed by atoms with Crippen LogP contribution in [0.25, 0.3) is 0 Å². The van der Waals surface area contributed by atoms with Gasteiger partial charge in [0.1, 0.15) is 11.5 Å². The van der Waals surface area contributed by atoms with Crippen molar-refractivity contribution >= 4 is 0 Å². The maximum atomic E-state index is 5.51. The first-order valence-electron chi connectivity index (χ1n) is 5.99. The summed E-state index contributed by atoms with van der Waals surface area (Å²) in [5.74, 6) is 2.83. The highest BCUT2D eigenvalue weighted by Gasteiger charge is 2.30. The molecule has 0 bridgehead atoms. The van der Waals surface area contributed by atoms with Crippen LogP contribution in [-0.4, -0.2) is 19.8 Å². The van der Waals surface area contributed by atoms with Crippen molar-refractivity contribution in [2.24, 2.45) is 5.92 Å². The Labute approximate surface area is 97.2 Å². The number of hydrogen-bond acceptors (Lipinski definition) is 3. The van der Waals surface area contributed by atoms with Crippen LogP contribution in [-0.2, 0) is 11.3 Å². The maximum Gasteiger partial charge on any atom is 0.105 e. The quantitative estimate of drug-likeness (QED) is 0.804. The van der Waals surface area contributed by atoms with Crippen LogP contribution in [0.3, 0.4) is 0 Å². The zero-order valence-corrected chi connectivity index (χ0v) is 10.4. The van der Waals surface area contributed by atoms with E-state index in [2.05, 4.69) is 11.4 Å². The van der Waals surface area contributed by atoms with Crippen molar-refractivity contribution in [3.05, 3.63) is 23.2 Å². The molecule has 1 heterocycles. The molecule has 3 heteroatoms. The summed E-state index contributed by atoms with van der Waals surface area (Å²) in [6.45, 7) is 5.70. The lowest BCUT2D eigenvalue weighted by Crippen LogP contribution is -2.34. The molecule has 1 unspecified atom stereocenters. The lowest BCUT2D eigenvalue weighted by atomic mass is 10.1. The van der Waals surface area contributed by atoms with Gasteiger partial charge in [0, 0.05) is 25.3 Å². The molecule has 0 saturated heterocycles. The first kappa shape index (κ1) is 11.7. The zero-order valence-electron chi connectivity index (χ0n) is 10.4. The summed E-state index contributed by atoms with van der Waals surface area (Å²) >= 11 is 0. The van der Waals surface area contributed by atoms with Gasteiger partial charge in [-0.25, -0.2) is 0 Å². The molecule has 1 fully saturated rings. The Bertz CT molecular complexity index is 342. The van der Waals surface area contributed by atoms with Gasteiger partial charge in [-0.1, -0.05) is 0 Å². The molecule has 0 radical (unpaired) electrons. The van der Waals surface area contributed by atoms with Gasteiger partial charge in [-0.05, 0) is 38.7 Å². The van der Waals surface area contributed by atoms with E-state index in [-0.39, 0.29) is 0 Å². The van der Waals surface area contributed by atoms with Crippen LogP contribution >= 0.6 is 0 Å². The summed E-state index contributed by atoms with van der Waals surface area (Å²) in [6, 6.07) is 2.61. The van der Waals surface area contributed by atoms with Crippen molar-refractivity contribution in [2.45, 2.75) is 39.3 Å². The normalized spacial score (nSPS) is 17.7. The number of methoxy groups -OCH3 is 1. The molecule has 1 aromatic heterocycles. The number of furan rings is 1. The number of rotatable bonds is 6. The minimum absolute atomic E-state index is 0.500. The van der Waals surface area contributed by atoms with Crippen LogP contribution < -0.4 is 5.32 Å². The molecule has 0 amide bonds. The fourth-order valence-corrected chi connectivity index (χ4v) is 2.14. The van der Waals surface area contributed by atoms with Crippen molar-refractivity contribution in [2.75, 3.05) is 13.7 Å². The maximum absolute atomic E-state index is 5.51. The van der Waals surface area contributed by atoms with Crippen LogP contribution in [0.4, 0.5) is 0 Å². The summed E-state index contributed by atoms with van der Waals surface area (Å²) in [7, 11) is 1.77. The van der Waals surface area contributed by atoms with Crippen LogP contribution in [0.1, 0.15) is 29.9 Å². The van der Waals surface area contributed by atoms with E-state index in [4.69, 9.17) is 9.15 Å². The summed E-state index contributed by atoms with van der Waals surface area (Å²) < 4.78 is 10.8. The van der Waals surface area contributed by atoms with Gasteiger partial charge in [-0.2, -0.15) is 0 Å². The molecule has 3 nitrogen and oxygen atoms in total. The highest BCUT2D eigenvalue weighted by atomic mass is 16.5. The van der Waals surface area contributed by atoms with Gasteiger partial charge < -0.3 is 14.5 Å². The highest BCUT2D eigenvalue weighted by Crippen LogP contribution is 2.33. The summed E-state index contributed by atoms with van der Waals surface area (Å²) in [4.78, 5) is 0. The first-order chi connectivity index (χ1) is 7.70. The van der Waals surface area contributed by atoms with Crippen molar-refractivity contribution in [3.63, 3.8) is 0 Å². The minimum Gasteiger partial charge on any atom is -0.466 e. The molecule has 0 spiro atoms. The topological polar surface area (TPSA) is 34.4 Å². The molecular weight excluding hydrogens is 202 g/mol. The molecule has 0 aromatic carbocycles. The van der Waals surface area contributed by atoms with Gasteiger partial charge in [0.15, 0.2) is 0 Å². The standard InChI is InChI=1S/C13H21NO2/c1-9-6-12(10(2)16-9)7-14-13(8-15-3)11-4-5-11/h6,11,13-14H,4-5,7-8H2,1-3H3. The predicted octanol–water partition coefficient (Wildman–Crippen LogP) is 2.41. The van der Waals surface area contributed by atoms with Crippen LogP contribution in [0.5, 0.6) is 0 Å². The molecule has 1 atom stereocenters. The monoisotopic (exact) mass is 223 g/mol. The van der Waals surface area contributed by atoms with E-state index in [0.29, 0.717) is 6.04 Å². The van der Waals surface area contributed by atoms with E-state index < -0.39 is 0 Å². The number of nitrogens with one attached hydrogen (secondary N) is 1. The van der Waals surface area contributed by atoms with Crippen LogP contribution in [0, 0.1) is 19.8 Å². The van der Waals surface area contributed by atoms with Crippen LogP contribution in [0.2, 0.25) is 0 Å². The van der Waals surface area contributed by atoms with Gasteiger partial charge in [0.05, 0.1) is 6.61 Å². The Morgan fingerprint density at radius 3 is 2.75 bits per heavy atom. The van der Waals surface area contributed by atoms with Crippen molar-refractivity contribution in [1.82, 2.24) is 5.32 Å². The first-order valence-corrected chi connectivity index (χ1v) is 5.99. The van der Waals surface area contributed by atoms with Crippen molar-refractivity contribution in [1.29, 1.82) is 0 Å². The summed E-state index contributed by atoms with van der Waals surface area (Å²) in [6.07, 6.45) is 2.68. The Morgan fingerprint density at radius 2 is 2.25 bits per heavy atom. The fourth-order valence-electron chi connectivity index (χ4n) is 2.14. The lowest BCUT2D eigenvalue weighted by Gasteiger charge is -2.16.